The molecule has 0 aromatic rings. The van der Waals surface area contributed by atoms with Crippen LogP contribution in [-0.4, -0.2) is 34.0 Å². The van der Waals surface area contributed by atoms with Crippen LogP contribution in [0.4, 0.5) is 0 Å². The van der Waals surface area contributed by atoms with Crippen LogP contribution in [0.3, 0.4) is 0 Å². The molecular weight excluding hydrogens is 160 g/mol. The summed E-state index contributed by atoms with van der Waals surface area (Å²) >= 11 is 0. The number of carboxylic acid groups (broad SMARTS) is 1. The lowest BCUT2D eigenvalue weighted by atomic mass is 10.2. The van der Waals surface area contributed by atoms with Crippen LogP contribution >= 0.6 is 0 Å². The summed E-state index contributed by atoms with van der Waals surface area (Å²) in [6, 6.07) is 0. The normalized spacial score (nSPS) is 11.3. The van der Waals surface area contributed by atoms with E-state index in [0.717, 1.165) is 6.42 Å². The molecule has 1 unspecified atom stereocenters. The summed E-state index contributed by atoms with van der Waals surface area (Å²) in [5, 5.41) is 24.5. The summed E-state index contributed by atoms with van der Waals surface area (Å²) in [5.41, 5.74) is 0. The van der Waals surface area contributed by atoms with Crippen molar-refractivity contribution in [2.24, 2.45) is 0 Å². The Bertz CT molecular complexity index is 103. The number of rotatable bonds is 4. The van der Waals surface area contributed by atoms with Crippen LogP contribution in [0, 0.1) is 0 Å². The highest BCUT2D eigenvalue weighted by Crippen LogP contribution is 1.92. The molecule has 0 radical (unpaired) electrons. The molecule has 4 heteroatoms. The lowest BCUT2D eigenvalue weighted by Crippen LogP contribution is -2.10. The molecule has 0 saturated carbocycles. The van der Waals surface area contributed by atoms with Crippen LogP contribution in [0.2, 0.25) is 0 Å². The molecule has 0 aromatic heterocycles. The Morgan fingerprint density at radius 1 is 1.42 bits per heavy atom. The SMILES string of the molecule is CCC(=O)O.CCCC(O)CO. The van der Waals surface area contributed by atoms with E-state index < -0.39 is 12.1 Å². The minimum atomic E-state index is -0.745. The Morgan fingerprint density at radius 2 is 1.83 bits per heavy atom. The van der Waals surface area contributed by atoms with Gasteiger partial charge in [0.1, 0.15) is 0 Å². The number of aliphatic hydroxyl groups is 2. The van der Waals surface area contributed by atoms with Gasteiger partial charge in [0.25, 0.3) is 0 Å². The molecular formula is C8H18O4. The van der Waals surface area contributed by atoms with Crippen molar-refractivity contribution >= 4 is 5.97 Å². The summed E-state index contributed by atoms with van der Waals surface area (Å²) in [6.07, 6.45) is 1.36. The first kappa shape index (κ1) is 13.9. The van der Waals surface area contributed by atoms with Crippen LogP contribution in [0.15, 0.2) is 0 Å². The number of aliphatic carboxylic acids is 1. The van der Waals surface area contributed by atoms with Gasteiger partial charge in [0.05, 0.1) is 12.7 Å². The molecule has 0 spiro atoms. The molecule has 74 valence electrons. The molecule has 0 aliphatic heterocycles. The third kappa shape index (κ3) is 16.2. The number of hydrogen-bond acceptors (Lipinski definition) is 3. The van der Waals surface area contributed by atoms with Crippen molar-refractivity contribution in [3.63, 3.8) is 0 Å². The first-order chi connectivity index (χ1) is 5.58. The van der Waals surface area contributed by atoms with E-state index in [2.05, 4.69) is 0 Å². The largest absolute Gasteiger partial charge is 0.481 e. The second kappa shape index (κ2) is 10.4. The number of carboxylic acids is 1. The second-order valence-electron chi connectivity index (χ2n) is 2.37. The van der Waals surface area contributed by atoms with E-state index in [1.165, 1.54) is 0 Å². The first-order valence-electron chi connectivity index (χ1n) is 4.09. The molecule has 0 amide bonds. The quantitative estimate of drug-likeness (QED) is 0.589. The minimum absolute atomic E-state index is 0.103. The average Bonchev–Trinajstić information content (AvgIpc) is 2.06. The lowest BCUT2D eigenvalue weighted by molar-refractivity contribution is -0.136. The summed E-state index contributed by atoms with van der Waals surface area (Å²) < 4.78 is 0. The van der Waals surface area contributed by atoms with Gasteiger partial charge in [-0.1, -0.05) is 20.3 Å². The van der Waals surface area contributed by atoms with Crippen molar-refractivity contribution in [1.29, 1.82) is 0 Å². The fraction of sp³-hybridized carbons (Fsp3) is 0.875. The van der Waals surface area contributed by atoms with Crippen molar-refractivity contribution in [2.45, 2.75) is 39.2 Å². The molecule has 0 aromatic carbocycles. The third-order valence-corrected chi connectivity index (χ3v) is 1.14. The molecule has 0 aliphatic carbocycles. The molecule has 1 atom stereocenters. The number of hydrogen-bond donors (Lipinski definition) is 3. The first-order valence-corrected chi connectivity index (χ1v) is 4.09. The van der Waals surface area contributed by atoms with E-state index in [4.69, 9.17) is 15.3 Å². The van der Waals surface area contributed by atoms with Gasteiger partial charge in [0.2, 0.25) is 0 Å². The molecule has 0 bridgehead atoms. The van der Waals surface area contributed by atoms with Crippen LogP contribution < -0.4 is 0 Å². The maximum atomic E-state index is 9.37. The second-order valence-corrected chi connectivity index (χ2v) is 2.37. The molecule has 0 saturated heterocycles. The highest BCUT2D eigenvalue weighted by Gasteiger charge is 1.95. The Balaban J connectivity index is 0. The van der Waals surface area contributed by atoms with E-state index in [1.54, 1.807) is 6.92 Å². The average molecular weight is 178 g/mol. The fourth-order valence-corrected chi connectivity index (χ4v) is 0.425. The van der Waals surface area contributed by atoms with Gasteiger partial charge in [0, 0.05) is 6.42 Å². The van der Waals surface area contributed by atoms with Crippen molar-refractivity contribution in [1.82, 2.24) is 0 Å². The van der Waals surface area contributed by atoms with E-state index in [1.807, 2.05) is 6.92 Å². The van der Waals surface area contributed by atoms with E-state index in [9.17, 15) is 4.79 Å². The zero-order valence-corrected chi connectivity index (χ0v) is 7.66. The van der Waals surface area contributed by atoms with Gasteiger partial charge in [-0.05, 0) is 6.42 Å². The van der Waals surface area contributed by atoms with Crippen LogP contribution in [0.25, 0.3) is 0 Å². The predicted molar refractivity (Wildman–Crippen MR) is 45.9 cm³/mol. The lowest BCUT2D eigenvalue weighted by Gasteiger charge is -2.01. The zero-order valence-electron chi connectivity index (χ0n) is 7.66. The highest BCUT2D eigenvalue weighted by molar-refractivity contribution is 5.66. The van der Waals surface area contributed by atoms with Crippen LogP contribution in [0.5, 0.6) is 0 Å². The van der Waals surface area contributed by atoms with E-state index >= 15 is 0 Å². The summed E-state index contributed by atoms with van der Waals surface area (Å²) in [4.78, 5) is 9.37. The molecule has 0 aliphatic rings. The highest BCUT2D eigenvalue weighted by atomic mass is 16.4. The van der Waals surface area contributed by atoms with Gasteiger partial charge in [-0.25, -0.2) is 0 Å². The van der Waals surface area contributed by atoms with Gasteiger partial charge in [-0.15, -0.1) is 0 Å². The van der Waals surface area contributed by atoms with Crippen molar-refractivity contribution < 1.29 is 20.1 Å². The van der Waals surface area contributed by atoms with Crippen LogP contribution in [-0.2, 0) is 4.79 Å². The van der Waals surface area contributed by atoms with Gasteiger partial charge in [-0.2, -0.15) is 0 Å². The van der Waals surface area contributed by atoms with Crippen molar-refractivity contribution in [2.75, 3.05) is 6.61 Å². The smallest absolute Gasteiger partial charge is 0.303 e. The number of aliphatic hydroxyl groups excluding tert-OH is 2. The van der Waals surface area contributed by atoms with Gasteiger partial charge < -0.3 is 15.3 Å². The van der Waals surface area contributed by atoms with Gasteiger partial charge >= 0.3 is 5.97 Å². The summed E-state index contributed by atoms with van der Waals surface area (Å²) in [7, 11) is 0. The predicted octanol–water partition coefficient (Wildman–Crippen LogP) is 0.621. The number of carbonyl (C=O) groups is 1. The fourth-order valence-electron chi connectivity index (χ4n) is 0.425. The van der Waals surface area contributed by atoms with Crippen molar-refractivity contribution in [3.8, 4) is 0 Å². The Labute approximate surface area is 72.8 Å². The Morgan fingerprint density at radius 3 is 1.92 bits per heavy atom. The Hall–Kier alpha value is -0.610. The molecule has 3 N–H and O–H groups in total. The monoisotopic (exact) mass is 178 g/mol. The van der Waals surface area contributed by atoms with Crippen molar-refractivity contribution in [3.05, 3.63) is 0 Å². The van der Waals surface area contributed by atoms with E-state index in [0.29, 0.717) is 6.42 Å². The van der Waals surface area contributed by atoms with Gasteiger partial charge in [0.15, 0.2) is 0 Å². The Kier molecular flexibility index (Phi) is 12.1. The van der Waals surface area contributed by atoms with E-state index in [-0.39, 0.29) is 13.0 Å². The van der Waals surface area contributed by atoms with Crippen LogP contribution in [0.1, 0.15) is 33.1 Å². The maximum absolute atomic E-state index is 9.37. The van der Waals surface area contributed by atoms with Gasteiger partial charge in [-0.3, -0.25) is 4.79 Å². The zero-order chi connectivity index (χ0) is 9.98. The third-order valence-electron chi connectivity index (χ3n) is 1.14. The summed E-state index contributed by atoms with van der Waals surface area (Å²) in [6.45, 7) is 3.47. The molecule has 0 rings (SSSR count). The maximum Gasteiger partial charge on any atom is 0.303 e. The molecule has 12 heavy (non-hydrogen) atoms. The standard InChI is InChI=1S/C5H12O2.C3H6O2/c1-2-3-5(7)4-6;1-2-3(4)5/h5-7H,2-4H2,1H3;2H2,1H3,(H,4,5). The molecule has 0 fully saturated rings. The summed E-state index contributed by atoms with van der Waals surface area (Å²) in [5.74, 6) is -0.745. The topological polar surface area (TPSA) is 77.8 Å². The minimum Gasteiger partial charge on any atom is -0.481 e. The molecule has 0 heterocycles. The molecule has 4 nitrogen and oxygen atoms in total.